The van der Waals surface area contributed by atoms with Gasteiger partial charge < -0.3 is 9.80 Å². The molecule has 134 valence electrons. The van der Waals surface area contributed by atoms with Crippen LogP contribution in [0.4, 0.5) is 0 Å². The van der Waals surface area contributed by atoms with Crippen molar-refractivity contribution in [3.8, 4) is 0 Å². The maximum atomic E-state index is 12.2. The predicted molar refractivity (Wildman–Crippen MR) is 91.6 cm³/mol. The van der Waals surface area contributed by atoms with Gasteiger partial charge in [0, 0.05) is 38.7 Å². The van der Waals surface area contributed by atoms with Gasteiger partial charge in [-0.2, -0.15) is 0 Å². The highest BCUT2D eigenvalue weighted by Crippen LogP contribution is 2.22. The van der Waals surface area contributed by atoms with Gasteiger partial charge in [-0.05, 0) is 18.6 Å². The monoisotopic (exact) mass is 364 g/mol. The molecule has 3 rings (SSSR count). The molecule has 0 unspecified atom stereocenters. The molecule has 0 aromatic heterocycles. The van der Waals surface area contributed by atoms with Gasteiger partial charge in [-0.15, -0.1) is 0 Å². The number of likely N-dealkylation sites (tertiary alicyclic amines) is 1. The van der Waals surface area contributed by atoms with Crippen LogP contribution in [0.3, 0.4) is 0 Å². The molecule has 25 heavy (non-hydrogen) atoms. The van der Waals surface area contributed by atoms with Gasteiger partial charge in [-0.1, -0.05) is 12.1 Å². The molecule has 1 aromatic carbocycles. The number of amides is 2. The zero-order chi connectivity index (χ0) is 18.0. The van der Waals surface area contributed by atoms with E-state index in [9.17, 15) is 18.0 Å². The van der Waals surface area contributed by atoms with Gasteiger partial charge in [0.15, 0.2) is 0 Å². The summed E-state index contributed by atoms with van der Waals surface area (Å²) < 4.78 is 26.4. The number of nitrogens with zero attached hydrogens (tertiary/aromatic N) is 3. The van der Waals surface area contributed by atoms with Gasteiger partial charge in [-0.3, -0.25) is 19.3 Å². The highest BCUT2D eigenvalue weighted by Gasteiger charge is 2.30. The third kappa shape index (κ3) is 3.65. The van der Waals surface area contributed by atoms with Crippen LogP contribution >= 0.6 is 0 Å². The molecule has 1 aromatic rings. The number of sulfonamides is 1. The summed E-state index contributed by atoms with van der Waals surface area (Å²) in [5.41, 5.74) is 0.473. The summed E-state index contributed by atoms with van der Waals surface area (Å²) in [6.45, 7) is 1.52. The number of amidine groups is 1. The van der Waals surface area contributed by atoms with E-state index in [0.717, 1.165) is 13.0 Å². The first-order chi connectivity index (χ1) is 11.9. The fourth-order valence-corrected chi connectivity index (χ4v) is 4.11. The molecule has 0 spiro atoms. The zero-order valence-corrected chi connectivity index (χ0v) is 14.8. The summed E-state index contributed by atoms with van der Waals surface area (Å²) in [6.07, 6.45) is 1.44. The van der Waals surface area contributed by atoms with Crippen molar-refractivity contribution in [2.45, 2.75) is 17.7 Å². The minimum absolute atomic E-state index is 0.123. The number of nitrogens with one attached hydrogen (secondary N) is 1. The standard InChI is InChI=1S/C16H20N4O4S/c1-19(9-10-20-8-4-7-14(20)21)15(22)11-17-16-12-5-2-3-6-13(12)25(23,24)18-16/h2-3,5-6H,4,7-11H2,1H3,(H,17,18). The molecular formula is C16H20N4O4S. The van der Waals surface area contributed by atoms with Crippen molar-refractivity contribution in [1.29, 1.82) is 0 Å². The fourth-order valence-electron chi connectivity index (χ4n) is 2.85. The van der Waals surface area contributed by atoms with Gasteiger partial charge in [0.2, 0.25) is 11.8 Å². The second kappa shape index (κ2) is 6.83. The van der Waals surface area contributed by atoms with E-state index in [-0.39, 0.29) is 29.1 Å². The maximum absolute atomic E-state index is 12.2. The first kappa shape index (κ1) is 17.4. The number of rotatable bonds is 5. The van der Waals surface area contributed by atoms with Gasteiger partial charge >= 0.3 is 0 Å². The van der Waals surface area contributed by atoms with Crippen molar-refractivity contribution < 1.29 is 18.0 Å². The Hall–Kier alpha value is -2.42. The zero-order valence-electron chi connectivity index (χ0n) is 13.9. The first-order valence-corrected chi connectivity index (χ1v) is 9.55. The largest absolute Gasteiger partial charge is 0.342 e. The average Bonchev–Trinajstić information content (AvgIpc) is 3.11. The number of likely N-dealkylation sites (N-methyl/N-ethyl adjacent to an activating group) is 1. The Labute approximate surface area is 146 Å². The average molecular weight is 364 g/mol. The van der Waals surface area contributed by atoms with Crippen LogP contribution in [0.5, 0.6) is 0 Å². The molecule has 1 fully saturated rings. The van der Waals surface area contributed by atoms with Crippen molar-refractivity contribution in [1.82, 2.24) is 14.5 Å². The smallest absolute Gasteiger partial charge is 0.263 e. The lowest BCUT2D eigenvalue weighted by atomic mass is 10.2. The van der Waals surface area contributed by atoms with E-state index in [1.165, 1.54) is 11.0 Å². The predicted octanol–water partition coefficient (Wildman–Crippen LogP) is -0.194. The molecule has 9 heteroatoms. The van der Waals surface area contributed by atoms with Crippen molar-refractivity contribution in [3.05, 3.63) is 29.8 Å². The van der Waals surface area contributed by atoms with Crippen molar-refractivity contribution in [2.24, 2.45) is 4.99 Å². The van der Waals surface area contributed by atoms with Crippen molar-refractivity contribution >= 4 is 27.7 Å². The van der Waals surface area contributed by atoms with Gasteiger partial charge in [0.05, 0.1) is 4.90 Å². The van der Waals surface area contributed by atoms with E-state index in [0.29, 0.717) is 25.1 Å². The van der Waals surface area contributed by atoms with Crippen LogP contribution in [0.15, 0.2) is 34.2 Å². The molecular weight excluding hydrogens is 344 g/mol. The molecule has 2 heterocycles. The molecule has 0 atom stereocenters. The summed E-state index contributed by atoms with van der Waals surface area (Å²) in [4.78, 5) is 31.3. The van der Waals surface area contributed by atoms with Crippen LogP contribution in [0.2, 0.25) is 0 Å². The molecule has 0 bridgehead atoms. The molecule has 1 saturated heterocycles. The van der Waals surface area contributed by atoms with Crippen LogP contribution in [-0.4, -0.2) is 69.1 Å². The third-order valence-electron chi connectivity index (χ3n) is 4.34. The molecule has 2 aliphatic heterocycles. The topological polar surface area (TPSA) is 99.2 Å². The number of hydrogen-bond donors (Lipinski definition) is 1. The van der Waals surface area contributed by atoms with Crippen LogP contribution in [0.25, 0.3) is 0 Å². The lowest BCUT2D eigenvalue weighted by molar-refractivity contribution is -0.131. The molecule has 0 radical (unpaired) electrons. The second-order valence-corrected chi connectivity index (χ2v) is 7.72. The summed E-state index contributed by atoms with van der Waals surface area (Å²) in [5.74, 6) is 0.0767. The Morgan fingerprint density at radius 3 is 2.84 bits per heavy atom. The van der Waals surface area contributed by atoms with Crippen LogP contribution < -0.4 is 4.72 Å². The quantitative estimate of drug-likeness (QED) is 0.782. The molecule has 0 saturated carbocycles. The number of benzene rings is 1. The number of hydrogen-bond acceptors (Lipinski definition) is 5. The normalized spacial score (nSPS) is 19.8. The molecule has 2 amide bonds. The lowest BCUT2D eigenvalue weighted by Gasteiger charge is -2.21. The van der Waals surface area contributed by atoms with Crippen molar-refractivity contribution in [3.63, 3.8) is 0 Å². The van der Waals surface area contributed by atoms with E-state index >= 15 is 0 Å². The number of carbonyl (C=O) groups is 2. The molecule has 1 N–H and O–H groups in total. The lowest BCUT2D eigenvalue weighted by Crippen LogP contribution is -2.38. The van der Waals surface area contributed by atoms with E-state index in [1.807, 2.05) is 0 Å². The fraction of sp³-hybridized carbons (Fsp3) is 0.438. The van der Waals surface area contributed by atoms with Crippen molar-refractivity contribution in [2.75, 3.05) is 33.2 Å². The van der Waals surface area contributed by atoms with E-state index in [1.54, 1.807) is 30.1 Å². The Morgan fingerprint density at radius 2 is 2.12 bits per heavy atom. The Kier molecular flexibility index (Phi) is 4.76. The Bertz CT molecular complexity index is 834. The Balaban J connectivity index is 1.60. The maximum Gasteiger partial charge on any atom is 0.263 e. The molecule has 8 nitrogen and oxygen atoms in total. The summed E-state index contributed by atoms with van der Waals surface area (Å²) in [7, 11) is -1.95. The number of carbonyl (C=O) groups excluding carboxylic acids is 2. The van der Waals surface area contributed by atoms with E-state index < -0.39 is 10.0 Å². The van der Waals surface area contributed by atoms with Crippen LogP contribution in [0.1, 0.15) is 18.4 Å². The number of aliphatic imine (C=N–C) groups is 1. The molecule has 0 aliphatic carbocycles. The number of fused-ring (bicyclic) bond motifs is 1. The van der Waals surface area contributed by atoms with Gasteiger partial charge in [0.1, 0.15) is 12.4 Å². The minimum Gasteiger partial charge on any atom is -0.342 e. The Morgan fingerprint density at radius 1 is 1.36 bits per heavy atom. The van der Waals surface area contributed by atoms with E-state index in [2.05, 4.69) is 9.71 Å². The second-order valence-electron chi connectivity index (χ2n) is 6.07. The van der Waals surface area contributed by atoms with Gasteiger partial charge in [0.25, 0.3) is 10.0 Å². The SMILES string of the molecule is CN(CCN1CCCC1=O)C(=O)CN=C1NS(=O)(=O)c2ccccc21. The third-order valence-corrected chi connectivity index (χ3v) is 5.73. The highest BCUT2D eigenvalue weighted by molar-refractivity contribution is 7.90. The summed E-state index contributed by atoms with van der Waals surface area (Å²) in [6, 6.07) is 6.51. The van der Waals surface area contributed by atoms with Crippen LogP contribution in [0, 0.1) is 0 Å². The first-order valence-electron chi connectivity index (χ1n) is 8.07. The van der Waals surface area contributed by atoms with E-state index in [4.69, 9.17) is 0 Å². The summed E-state index contributed by atoms with van der Waals surface area (Å²) in [5, 5.41) is 0. The highest BCUT2D eigenvalue weighted by atomic mass is 32.2. The van der Waals surface area contributed by atoms with Gasteiger partial charge in [-0.25, -0.2) is 8.42 Å². The van der Waals surface area contributed by atoms with Crippen LogP contribution in [-0.2, 0) is 19.6 Å². The summed E-state index contributed by atoms with van der Waals surface area (Å²) >= 11 is 0. The molecule has 2 aliphatic rings. The minimum atomic E-state index is -3.60.